The van der Waals surface area contributed by atoms with Crippen molar-refractivity contribution in [1.29, 1.82) is 0 Å². The predicted molar refractivity (Wildman–Crippen MR) is 106 cm³/mol. The first-order valence-electron chi connectivity index (χ1n) is 8.01. The van der Waals surface area contributed by atoms with Crippen molar-refractivity contribution < 1.29 is 9.13 Å². The molecule has 0 bridgehead atoms. The van der Waals surface area contributed by atoms with E-state index in [-0.39, 0.29) is 11.6 Å². The molecule has 0 amide bonds. The van der Waals surface area contributed by atoms with Crippen molar-refractivity contribution in [3.8, 4) is 0 Å². The van der Waals surface area contributed by atoms with E-state index in [1.807, 2.05) is 48.5 Å². The molecule has 2 heterocycles. The number of benzene rings is 2. The van der Waals surface area contributed by atoms with E-state index in [1.54, 1.807) is 17.6 Å². The van der Waals surface area contributed by atoms with Crippen LogP contribution in [0, 0.1) is 10.1 Å². The molecular weight excluding hydrogens is 384 g/mol. The van der Waals surface area contributed by atoms with Crippen molar-refractivity contribution in [1.82, 2.24) is 9.38 Å². The molecule has 0 fully saturated rings. The van der Waals surface area contributed by atoms with E-state index in [0.717, 1.165) is 10.5 Å². The van der Waals surface area contributed by atoms with Crippen LogP contribution < -0.4 is 5.32 Å². The Morgan fingerprint density at radius 1 is 1.19 bits per heavy atom. The lowest BCUT2D eigenvalue weighted by Crippen LogP contribution is -2.00. The number of imidazole rings is 1. The Labute approximate surface area is 160 Å². The number of rotatable bonds is 6. The second-order valence-electron chi connectivity index (χ2n) is 5.72. The number of hydrogen-bond donors (Lipinski definition) is 1. The summed E-state index contributed by atoms with van der Waals surface area (Å²) < 4.78 is 13.9. The number of aromatic nitrogens is 2. The molecule has 2 aromatic carbocycles. The largest absolute Gasteiger partial charge is 0.373 e. The molecule has 0 saturated carbocycles. The number of thiazole rings is 1. The Morgan fingerprint density at radius 2 is 2.00 bits per heavy atom. The minimum absolute atomic E-state index is 0.107. The Balaban J connectivity index is 1.58. The van der Waals surface area contributed by atoms with Crippen molar-refractivity contribution in [2.75, 3.05) is 5.32 Å². The predicted octanol–water partition coefficient (Wildman–Crippen LogP) is 4.36. The highest BCUT2D eigenvalue weighted by Crippen LogP contribution is 2.30. The van der Waals surface area contributed by atoms with Crippen LogP contribution in [0.15, 0.2) is 71.1 Å². The smallest absolute Gasteiger partial charge is 0.358 e. The summed E-state index contributed by atoms with van der Waals surface area (Å²) in [6.45, 7) is 0. The van der Waals surface area contributed by atoms with Gasteiger partial charge in [-0.15, -0.1) is 0 Å². The second kappa shape index (κ2) is 7.29. The van der Waals surface area contributed by atoms with Crippen LogP contribution in [-0.2, 0) is 16.6 Å². The zero-order valence-corrected chi connectivity index (χ0v) is 15.6. The summed E-state index contributed by atoms with van der Waals surface area (Å²) in [5, 5.41) is 16.2. The van der Waals surface area contributed by atoms with Crippen LogP contribution in [0.4, 0.5) is 17.3 Å². The van der Waals surface area contributed by atoms with Crippen molar-refractivity contribution in [2.45, 2.75) is 10.6 Å². The van der Waals surface area contributed by atoms with Crippen LogP contribution >= 0.6 is 11.3 Å². The van der Waals surface area contributed by atoms with Gasteiger partial charge in [-0.1, -0.05) is 41.7 Å². The molecule has 0 aliphatic heterocycles. The topological polar surface area (TPSA) is 89.5 Å². The fourth-order valence-corrected chi connectivity index (χ4v) is 4.53. The summed E-state index contributed by atoms with van der Waals surface area (Å²) in [6.07, 6.45) is 1.62. The lowest BCUT2D eigenvalue weighted by Gasteiger charge is -2.07. The van der Waals surface area contributed by atoms with Crippen molar-refractivity contribution >= 4 is 44.4 Å². The maximum Gasteiger partial charge on any atom is 0.373 e. The molecule has 7 nitrogen and oxygen atoms in total. The molecule has 4 aromatic rings. The van der Waals surface area contributed by atoms with E-state index in [2.05, 4.69) is 10.3 Å². The van der Waals surface area contributed by atoms with E-state index in [0.29, 0.717) is 16.4 Å². The first kappa shape index (κ1) is 17.4. The first-order valence-corrected chi connectivity index (χ1v) is 10.2. The van der Waals surface area contributed by atoms with E-state index in [9.17, 15) is 14.3 Å². The third kappa shape index (κ3) is 3.60. The second-order valence-corrected chi connectivity index (χ2v) is 8.05. The summed E-state index contributed by atoms with van der Waals surface area (Å²) >= 11 is 1.33. The van der Waals surface area contributed by atoms with E-state index < -0.39 is 15.7 Å². The summed E-state index contributed by atoms with van der Waals surface area (Å²) in [4.78, 5) is 16.6. The Morgan fingerprint density at radius 3 is 2.78 bits per heavy atom. The third-order valence-electron chi connectivity index (χ3n) is 3.90. The normalized spacial score (nSPS) is 12.1. The van der Waals surface area contributed by atoms with Gasteiger partial charge in [-0.3, -0.25) is 4.21 Å². The van der Waals surface area contributed by atoms with Gasteiger partial charge in [0.05, 0.1) is 16.6 Å². The quantitative estimate of drug-likeness (QED) is 0.385. The van der Waals surface area contributed by atoms with Crippen molar-refractivity contribution in [3.05, 3.63) is 81.9 Å². The standard InChI is InChI=1S/C18H14N4O3S2/c23-22(24)17-16(20-18-21(17)9-10-26-18)19-14-6-4-5-13(11-14)12-27(25)15-7-2-1-3-8-15/h1-11,19H,12H2. The number of anilines is 2. The summed E-state index contributed by atoms with van der Waals surface area (Å²) in [6, 6.07) is 16.6. The fourth-order valence-electron chi connectivity index (χ4n) is 2.71. The molecule has 1 N–H and O–H groups in total. The maximum absolute atomic E-state index is 12.5. The minimum atomic E-state index is -1.16. The Kier molecular flexibility index (Phi) is 4.69. The molecular formula is C18H14N4O3S2. The van der Waals surface area contributed by atoms with Crippen LogP contribution in [0.5, 0.6) is 0 Å². The van der Waals surface area contributed by atoms with Gasteiger partial charge < -0.3 is 15.4 Å². The van der Waals surface area contributed by atoms with Gasteiger partial charge in [0.2, 0.25) is 5.82 Å². The van der Waals surface area contributed by atoms with Gasteiger partial charge in [0.1, 0.15) is 6.20 Å². The van der Waals surface area contributed by atoms with Gasteiger partial charge in [0.25, 0.3) is 4.96 Å². The van der Waals surface area contributed by atoms with Gasteiger partial charge in [0, 0.05) is 16.0 Å². The van der Waals surface area contributed by atoms with E-state index in [1.165, 1.54) is 15.7 Å². The fraction of sp³-hybridized carbons (Fsp3) is 0.0556. The van der Waals surface area contributed by atoms with Gasteiger partial charge in [-0.05, 0) is 34.8 Å². The molecule has 4 rings (SSSR count). The van der Waals surface area contributed by atoms with Crippen molar-refractivity contribution in [3.63, 3.8) is 0 Å². The lowest BCUT2D eigenvalue weighted by molar-refractivity contribution is -0.389. The summed E-state index contributed by atoms with van der Waals surface area (Å²) in [5.41, 5.74) is 1.53. The van der Waals surface area contributed by atoms with Crippen LogP contribution in [0.2, 0.25) is 0 Å². The van der Waals surface area contributed by atoms with Crippen molar-refractivity contribution in [2.24, 2.45) is 0 Å². The van der Waals surface area contributed by atoms with E-state index >= 15 is 0 Å². The highest BCUT2D eigenvalue weighted by Gasteiger charge is 2.23. The van der Waals surface area contributed by atoms with Gasteiger partial charge >= 0.3 is 5.82 Å². The molecule has 0 aliphatic carbocycles. The summed E-state index contributed by atoms with van der Waals surface area (Å²) in [7, 11) is -1.16. The van der Waals surface area contributed by atoms with Crippen LogP contribution in [0.25, 0.3) is 4.96 Å². The third-order valence-corrected chi connectivity index (χ3v) is 6.05. The van der Waals surface area contributed by atoms with E-state index in [4.69, 9.17) is 0 Å². The average Bonchev–Trinajstić information content (AvgIpc) is 3.23. The zero-order chi connectivity index (χ0) is 18.8. The molecule has 0 spiro atoms. The molecule has 9 heteroatoms. The molecule has 0 saturated heterocycles. The van der Waals surface area contributed by atoms with Crippen LogP contribution in [0.3, 0.4) is 0 Å². The van der Waals surface area contributed by atoms with Gasteiger partial charge in [-0.25, -0.2) is 0 Å². The molecule has 1 unspecified atom stereocenters. The molecule has 2 aromatic heterocycles. The number of nitrogens with zero attached hydrogens (tertiary/aromatic N) is 3. The average molecular weight is 398 g/mol. The molecule has 136 valence electrons. The molecule has 0 aliphatic rings. The monoisotopic (exact) mass is 398 g/mol. The molecule has 27 heavy (non-hydrogen) atoms. The van der Waals surface area contributed by atoms with Crippen LogP contribution in [0.1, 0.15) is 5.56 Å². The minimum Gasteiger partial charge on any atom is -0.358 e. The number of hydrogen-bond acceptors (Lipinski definition) is 6. The maximum atomic E-state index is 12.5. The number of nitrogens with one attached hydrogen (secondary N) is 1. The number of fused-ring (bicyclic) bond motifs is 1. The first-order chi connectivity index (χ1) is 13.1. The molecule has 0 radical (unpaired) electrons. The summed E-state index contributed by atoms with van der Waals surface area (Å²) in [5.74, 6) is 0.442. The van der Waals surface area contributed by atoms with Gasteiger partial charge in [-0.2, -0.15) is 9.38 Å². The zero-order valence-electron chi connectivity index (χ0n) is 13.9. The van der Waals surface area contributed by atoms with Gasteiger partial charge in [0.15, 0.2) is 0 Å². The Bertz CT molecular complexity index is 1140. The molecule has 1 atom stereocenters. The highest BCUT2D eigenvalue weighted by molar-refractivity contribution is 7.84. The highest BCUT2D eigenvalue weighted by atomic mass is 32.2. The number of nitro groups is 1. The van der Waals surface area contributed by atoms with Crippen LogP contribution in [-0.4, -0.2) is 18.5 Å². The SMILES string of the molecule is O=[N+]([O-])c1c(Nc2cccc(CS(=O)c3ccccc3)c2)nc2sccn12. The lowest BCUT2D eigenvalue weighted by atomic mass is 10.2. The Hall–Kier alpha value is -3.04.